The van der Waals surface area contributed by atoms with E-state index in [1.165, 1.54) is 11.3 Å². The van der Waals surface area contributed by atoms with Gasteiger partial charge < -0.3 is 19.5 Å². The quantitative estimate of drug-likeness (QED) is 0.230. The standard InChI is InChI=1S/C33H36N2O5S/c1-7-40-32(37)29-22-14-13-20(33(2,3)4)17-28(22)41-31(29)35-30(36)23-18-25(34-24-11-9-8-10-21(23)24)19-12-15-26(38-5)27(16-19)39-6/h8-12,15-16,18,20H,7,13-14,17H2,1-6H3,(H,35,36). The van der Waals surface area contributed by atoms with Crippen molar-refractivity contribution in [3.63, 3.8) is 0 Å². The Morgan fingerprint density at radius 3 is 2.51 bits per heavy atom. The van der Waals surface area contributed by atoms with Gasteiger partial charge >= 0.3 is 5.97 Å². The fourth-order valence-corrected chi connectivity index (χ4v) is 6.82. The molecule has 2 aromatic heterocycles. The third kappa shape index (κ3) is 5.66. The normalized spacial score (nSPS) is 14.8. The fourth-order valence-electron chi connectivity index (χ4n) is 5.51. The van der Waals surface area contributed by atoms with Crippen LogP contribution < -0.4 is 14.8 Å². The average Bonchev–Trinajstić information content (AvgIpc) is 3.32. The number of amides is 1. The number of thiophene rings is 1. The third-order valence-corrected chi connectivity index (χ3v) is 9.01. The van der Waals surface area contributed by atoms with E-state index in [1.807, 2.05) is 42.5 Å². The van der Waals surface area contributed by atoms with Crippen molar-refractivity contribution >= 4 is 39.1 Å². The molecule has 214 valence electrons. The smallest absolute Gasteiger partial charge is 0.341 e. The molecule has 41 heavy (non-hydrogen) atoms. The van der Waals surface area contributed by atoms with E-state index in [0.29, 0.717) is 44.8 Å². The molecule has 0 aliphatic heterocycles. The lowest BCUT2D eigenvalue weighted by atomic mass is 9.72. The number of carbonyl (C=O) groups is 2. The zero-order valence-electron chi connectivity index (χ0n) is 24.4. The van der Waals surface area contributed by atoms with Crippen molar-refractivity contribution in [3.05, 3.63) is 70.1 Å². The number of esters is 1. The van der Waals surface area contributed by atoms with Gasteiger partial charge in [0.25, 0.3) is 5.91 Å². The highest BCUT2D eigenvalue weighted by atomic mass is 32.1. The van der Waals surface area contributed by atoms with Gasteiger partial charge in [-0.15, -0.1) is 11.3 Å². The molecule has 4 aromatic rings. The summed E-state index contributed by atoms with van der Waals surface area (Å²) in [5.74, 6) is 0.988. The van der Waals surface area contributed by atoms with Gasteiger partial charge in [-0.2, -0.15) is 0 Å². The molecule has 0 saturated carbocycles. The zero-order chi connectivity index (χ0) is 29.3. The average molecular weight is 573 g/mol. The molecule has 1 amide bonds. The second-order valence-corrected chi connectivity index (χ2v) is 12.4. The van der Waals surface area contributed by atoms with Crippen molar-refractivity contribution < 1.29 is 23.8 Å². The maximum atomic E-state index is 14.0. The highest BCUT2D eigenvalue weighted by Crippen LogP contribution is 2.45. The number of nitrogens with one attached hydrogen (secondary N) is 1. The number of hydrogen-bond acceptors (Lipinski definition) is 7. The summed E-state index contributed by atoms with van der Waals surface area (Å²) in [6.07, 6.45) is 2.67. The Morgan fingerprint density at radius 2 is 1.80 bits per heavy atom. The van der Waals surface area contributed by atoms with Crippen LogP contribution in [0.3, 0.4) is 0 Å². The van der Waals surface area contributed by atoms with E-state index in [9.17, 15) is 9.59 Å². The summed E-state index contributed by atoms with van der Waals surface area (Å²) in [5, 5.41) is 4.36. The van der Waals surface area contributed by atoms with E-state index in [4.69, 9.17) is 19.2 Å². The first kappa shape index (κ1) is 28.6. The number of nitrogens with zero attached hydrogens (tertiary/aromatic N) is 1. The van der Waals surface area contributed by atoms with Gasteiger partial charge in [-0.05, 0) is 73.4 Å². The lowest BCUT2D eigenvalue weighted by Gasteiger charge is -2.33. The van der Waals surface area contributed by atoms with Crippen molar-refractivity contribution in [1.29, 1.82) is 0 Å². The molecule has 0 fully saturated rings. The van der Waals surface area contributed by atoms with Gasteiger partial charge in [0.1, 0.15) is 5.00 Å². The number of pyridine rings is 1. The van der Waals surface area contributed by atoms with Crippen molar-refractivity contribution in [3.8, 4) is 22.8 Å². The Balaban J connectivity index is 1.57. The summed E-state index contributed by atoms with van der Waals surface area (Å²) >= 11 is 1.50. The molecule has 0 radical (unpaired) electrons. The molecular formula is C33H36N2O5S. The Labute approximate surface area is 244 Å². The van der Waals surface area contributed by atoms with Crippen LogP contribution in [0.1, 0.15) is 65.3 Å². The van der Waals surface area contributed by atoms with Gasteiger partial charge in [0.15, 0.2) is 11.5 Å². The number of para-hydroxylation sites is 1. The summed E-state index contributed by atoms with van der Waals surface area (Å²) in [6, 6.07) is 14.9. The summed E-state index contributed by atoms with van der Waals surface area (Å²) in [4.78, 5) is 33.1. The molecule has 1 unspecified atom stereocenters. The molecule has 1 aliphatic carbocycles. The van der Waals surface area contributed by atoms with Gasteiger partial charge in [-0.3, -0.25) is 4.79 Å². The van der Waals surface area contributed by atoms with E-state index < -0.39 is 0 Å². The lowest BCUT2D eigenvalue weighted by Crippen LogP contribution is -2.26. The first-order chi connectivity index (χ1) is 19.6. The van der Waals surface area contributed by atoms with E-state index in [-0.39, 0.29) is 23.9 Å². The molecule has 1 atom stereocenters. The molecule has 7 nitrogen and oxygen atoms in total. The first-order valence-corrected chi connectivity index (χ1v) is 14.7. The van der Waals surface area contributed by atoms with Gasteiger partial charge in [0, 0.05) is 15.8 Å². The Hall–Kier alpha value is -3.91. The summed E-state index contributed by atoms with van der Waals surface area (Å²) in [5.41, 5.74) is 4.23. The van der Waals surface area contributed by atoms with E-state index in [1.54, 1.807) is 27.2 Å². The number of carbonyl (C=O) groups excluding carboxylic acids is 2. The molecule has 5 rings (SSSR count). The molecule has 8 heteroatoms. The van der Waals surface area contributed by atoms with E-state index in [2.05, 4.69) is 26.1 Å². The Morgan fingerprint density at radius 1 is 1.05 bits per heavy atom. The molecule has 1 N–H and O–H groups in total. The number of anilines is 1. The highest BCUT2D eigenvalue weighted by Gasteiger charge is 2.34. The van der Waals surface area contributed by atoms with Crippen LogP contribution in [-0.2, 0) is 17.6 Å². The van der Waals surface area contributed by atoms with Gasteiger partial charge in [0.2, 0.25) is 0 Å². The van der Waals surface area contributed by atoms with Crippen LogP contribution in [0.15, 0.2) is 48.5 Å². The Bertz CT molecular complexity index is 1620. The number of hydrogen-bond donors (Lipinski definition) is 1. The number of benzene rings is 2. The SMILES string of the molecule is CCOC(=O)c1c(NC(=O)c2cc(-c3ccc(OC)c(OC)c3)nc3ccccc23)sc2c1CCC(C(C)(C)C)C2. The Kier molecular flexibility index (Phi) is 8.04. The van der Waals surface area contributed by atoms with Crippen LogP contribution in [0, 0.1) is 11.3 Å². The first-order valence-electron chi connectivity index (χ1n) is 13.9. The minimum atomic E-state index is -0.389. The topological polar surface area (TPSA) is 86.8 Å². The summed E-state index contributed by atoms with van der Waals surface area (Å²) < 4.78 is 16.3. The van der Waals surface area contributed by atoms with Crippen LogP contribution in [0.25, 0.3) is 22.2 Å². The van der Waals surface area contributed by atoms with Crippen molar-refractivity contribution in [1.82, 2.24) is 4.98 Å². The van der Waals surface area contributed by atoms with E-state index in [0.717, 1.165) is 40.7 Å². The van der Waals surface area contributed by atoms with Crippen LogP contribution >= 0.6 is 11.3 Å². The second-order valence-electron chi connectivity index (χ2n) is 11.3. The number of rotatable bonds is 7. The molecule has 2 heterocycles. The minimum absolute atomic E-state index is 0.158. The molecule has 1 aliphatic rings. The number of aromatic nitrogens is 1. The molecule has 2 aromatic carbocycles. The predicted octanol–water partition coefficient (Wildman–Crippen LogP) is 7.56. The fraction of sp³-hybridized carbons (Fsp3) is 0.364. The maximum Gasteiger partial charge on any atom is 0.341 e. The largest absolute Gasteiger partial charge is 0.493 e. The van der Waals surface area contributed by atoms with Gasteiger partial charge in [-0.1, -0.05) is 39.0 Å². The molecular weight excluding hydrogens is 536 g/mol. The molecule has 0 saturated heterocycles. The summed E-state index contributed by atoms with van der Waals surface area (Å²) in [6.45, 7) is 8.84. The maximum absolute atomic E-state index is 14.0. The van der Waals surface area contributed by atoms with Crippen LogP contribution in [-0.4, -0.2) is 37.7 Å². The van der Waals surface area contributed by atoms with Crippen molar-refractivity contribution in [2.45, 2.75) is 47.0 Å². The van der Waals surface area contributed by atoms with Crippen molar-refractivity contribution in [2.75, 3.05) is 26.1 Å². The number of ether oxygens (including phenoxy) is 3. The van der Waals surface area contributed by atoms with Crippen LogP contribution in [0.4, 0.5) is 5.00 Å². The zero-order valence-corrected chi connectivity index (χ0v) is 25.2. The monoisotopic (exact) mass is 572 g/mol. The predicted molar refractivity (Wildman–Crippen MR) is 163 cm³/mol. The molecule has 0 spiro atoms. The number of methoxy groups -OCH3 is 2. The van der Waals surface area contributed by atoms with Gasteiger partial charge in [0.05, 0.1) is 43.2 Å². The third-order valence-electron chi connectivity index (χ3n) is 7.84. The van der Waals surface area contributed by atoms with Crippen LogP contribution in [0.2, 0.25) is 0 Å². The van der Waals surface area contributed by atoms with Crippen molar-refractivity contribution in [2.24, 2.45) is 11.3 Å². The number of fused-ring (bicyclic) bond motifs is 2. The summed E-state index contributed by atoms with van der Waals surface area (Å²) in [7, 11) is 3.17. The second kappa shape index (κ2) is 11.5. The molecule has 0 bridgehead atoms. The van der Waals surface area contributed by atoms with E-state index >= 15 is 0 Å². The minimum Gasteiger partial charge on any atom is -0.493 e. The lowest BCUT2D eigenvalue weighted by molar-refractivity contribution is 0.0526. The highest BCUT2D eigenvalue weighted by molar-refractivity contribution is 7.17. The van der Waals surface area contributed by atoms with Crippen LogP contribution in [0.5, 0.6) is 11.5 Å². The van der Waals surface area contributed by atoms with Gasteiger partial charge in [-0.25, -0.2) is 9.78 Å².